The van der Waals surface area contributed by atoms with Crippen LogP contribution in [0.2, 0.25) is 0 Å². The highest BCUT2D eigenvalue weighted by atomic mass is 32.1. The van der Waals surface area contributed by atoms with E-state index in [2.05, 4.69) is 5.32 Å². The number of hydrogen-bond donors (Lipinski definition) is 2. The number of hydrogen-bond acceptors (Lipinski definition) is 3. The molecule has 3 rings (SSSR count). The molecule has 5 nitrogen and oxygen atoms in total. The van der Waals surface area contributed by atoms with Crippen molar-refractivity contribution in [3.63, 3.8) is 0 Å². The van der Waals surface area contributed by atoms with Crippen molar-refractivity contribution in [1.29, 1.82) is 0 Å². The van der Waals surface area contributed by atoms with Crippen LogP contribution in [-0.4, -0.2) is 49.4 Å². The summed E-state index contributed by atoms with van der Waals surface area (Å²) in [5, 5.41) is 4.42. The highest BCUT2D eigenvalue weighted by molar-refractivity contribution is 7.12. The van der Waals surface area contributed by atoms with E-state index in [0.29, 0.717) is 43.2 Å². The molecule has 2 amide bonds. The molecule has 1 aliphatic rings. The molecule has 0 saturated carbocycles. The predicted molar refractivity (Wildman–Crippen MR) is 99.1 cm³/mol. The minimum absolute atomic E-state index is 0.0559. The summed E-state index contributed by atoms with van der Waals surface area (Å²) in [5.41, 5.74) is -0.00694. The standard InChI is InChI=1S/C19H20F3N3O2S/c20-19(21,22)15-4-1-3-14(11-15)13-24-6-8-25(9-7-24)17(26)12-23-18(27)16-5-2-10-28-16/h1-5,10-11H,6-9,12-13H2,(H,23,27)/p+1. The quantitative estimate of drug-likeness (QED) is 0.781. The SMILES string of the molecule is O=C(NCC(=O)N1CC[NH+](Cc2cccc(C(F)(F)F)c2)CC1)c1cccs1. The van der Waals surface area contributed by atoms with Crippen LogP contribution in [0.5, 0.6) is 0 Å². The Kier molecular flexibility index (Phi) is 6.35. The van der Waals surface area contributed by atoms with Gasteiger partial charge in [0.2, 0.25) is 5.91 Å². The first-order valence-electron chi connectivity index (χ1n) is 8.92. The number of rotatable bonds is 5. The molecule has 1 aromatic carbocycles. The number of benzene rings is 1. The fraction of sp³-hybridized carbons (Fsp3) is 0.368. The average molecular weight is 412 g/mol. The van der Waals surface area contributed by atoms with E-state index in [1.54, 1.807) is 28.5 Å². The molecule has 0 aliphatic carbocycles. The fourth-order valence-corrected chi connectivity index (χ4v) is 3.80. The number of carbonyl (C=O) groups is 2. The minimum Gasteiger partial charge on any atom is -0.342 e. The Balaban J connectivity index is 1.45. The number of nitrogens with zero attached hydrogens (tertiary/aromatic N) is 1. The third kappa shape index (κ3) is 5.32. The molecule has 1 aromatic heterocycles. The molecule has 28 heavy (non-hydrogen) atoms. The summed E-state index contributed by atoms with van der Waals surface area (Å²) in [6.07, 6.45) is -4.34. The largest absolute Gasteiger partial charge is 0.416 e. The Morgan fingerprint density at radius 3 is 2.54 bits per heavy atom. The molecule has 0 unspecified atom stereocenters. The summed E-state index contributed by atoms with van der Waals surface area (Å²) in [6, 6.07) is 8.84. The lowest BCUT2D eigenvalue weighted by atomic mass is 10.1. The van der Waals surface area contributed by atoms with Crippen LogP contribution in [0, 0.1) is 0 Å². The van der Waals surface area contributed by atoms with Crippen molar-refractivity contribution in [3.05, 3.63) is 57.8 Å². The molecule has 150 valence electrons. The molecule has 2 N–H and O–H groups in total. The van der Waals surface area contributed by atoms with Gasteiger partial charge in [0.05, 0.1) is 43.2 Å². The van der Waals surface area contributed by atoms with Crippen molar-refractivity contribution in [2.75, 3.05) is 32.7 Å². The molecule has 0 bridgehead atoms. The predicted octanol–water partition coefficient (Wildman–Crippen LogP) is 1.42. The second-order valence-electron chi connectivity index (χ2n) is 6.67. The van der Waals surface area contributed by atoms with E-state index in [4.69, 9.17) is 0 Å². The van der Waals surface area contributed by atoms with Gasteiger partial charge in [0.1, 0.15) is 6.54 Å². The maximum Gasteiger partial charge on any atom is 0.416 e. The van der Waals surface area contributed by atoms with E-state index in [0.717, 1.165) is 11.0 Å². The number of carbonyl (C=O) groups excluding carboxylic acids is 2. The molecule has 0 spiro atoms. The molecule has 9 heteroatoms. The van der Waals surface area contributed by atoms with E-state index < -0.39 is 11.7 Å². The van der Waals surface area contributed by atoms with Crippen molar-refractivity contribution in [2.24, 2.45) is 0 Å². The highest BCUT2D eigenvalue weighted by Crippen LogP contribution is 2.29. The highest BCUT2D eigenvalue weighted by Gasteiger charge is 2.31. The van der Waals surface area contributed by atoms with Gasteiger partial charge in [-0.3, -0.25) is 9.59 Å². The first-order valence-corrected chi connectivity index (χ1v) is 9.80. The molecule has 1 saturated heterocycles. The van der Waals surface area contributed by atoms with E-state index in [-0.39, 0.29) is 18.4 Å². The van der Waals surface area contributed by atoms with Gasteiger partial charge in [-0.15, -0.1) is 11.3 Å². The Labute approximate surface area is 164 Å². The van der Waals surface area contributed by atoms with Crippen LogP contribution in [0.4, 0.5) is 13.2 Å². The minimum atomic E-state index is -4.34. The summed E-state index contributed by atoms with van der Waals surface area (Å²) in [7, 11) is 0. The smallest absolute Gasteiger partial charge is 0.342 e. The molecule has 0 radical (unpaired) electrons. The topological polar surface area (TPSA) is 53.9 Å². The van der Waals surface area contributed by atoms with Crippen LogP contribution in [0.15, 0.2) is 41.8 Å². The van der Waals surface area contributed by atoms with Crippen molar-refractivity contribution in [3.8, 4) is 0 Å². The lowest BCUT2D eigenvalue weighted by Gasteiger charge is -2.32. The third-order valence-corrected chi connectivity index (χ3v) is 5.55. The molecular formula is C19H21F3N3O2S+. The van der Waals surface area contributed by atoms with Gasteiger partial charge in [-0.2, -0.15) is 13.2 Å². The fourth-order valence-electron chi connectivity index (χ4n) is 3.16. The summed E-state index contributed by atoms with van der Waals surface area (Å²) >= 11 is 1.31. The van der Waals surface area contributed by atoms with Crippen LogP contribution >= 0.6 is 11.3 Å². The van der Waals surface area contributed by atoms with E-state index in [9.17, 15) is 22.8 Å². The van der Waals surface area contributed by atoms with Crippen LogP contribution in [0.3, 0.4) is 0 Å². The normalized spacial score (nSPS) is 15.5. The summed E-state index contributed by atoms with van der Waals surface area (Å²) < 4.78 is 38.5. The molecule has 0 atom stereocenters. The lowest BCUT2D eigenvalue weighted by Crippen LogP contribution is -3.13. The van der Waals surface area contributed by atoms with Gasteiger partial charge < -0.3 is 15.1 Å². The number of quaternary nitrogens is 1. The zero-order valence-corrected chi connectivity index (χ0v) is 15.9. The van der Waals surface area contributed by atoms with Crippen molar-refractivity contribution < 1.29 is 27.7 Å². The molecule has 2 aromatic rings. The van der Waals surface area contributed by atoms with Gasteiger partial charge >= 0.3 is 6.18 Å². The Bertz CT molecular complexity index is 816. The maximum absolute atomic E-state index is 12.8. The van der Waals surface area contributed by atoms with Gasteiger partial charge in [-0.05, 0) is 23.6 Å². The second kappa shape index (κ2) is 8.74. The van der Waals surface area contributed by atoms with Gasteiger partial charge in [-0.25, -0.2) is 0 Å². The van der Waals surface area contributed by atoms with Gasteiger partial charge in [0.25, 0.3) is 5.91 Å². The Morgan fingerprint density at radius 2 is 1.89 bits per heavy atom. The lowest BCUT2D eigenvalue weighted by molar-refractivity contribution is -0.917. The zero-order chi connectivity index (χ0) is 20.1. The van der Waals surface area contributed by atoms with E-state index >= 15 is 0 Å². The van der Waals surface area contributed by atoms with Crippen LogP contribution in [-0.2, 0) is 17.5 Å². The second-order valence-corrected chi connectivity index (χ2v) is 7.61. The monoisotopic (exact) mass is 412 g/mol. The van der Waals surface area contributed by atoms with Crippen LogP contribution in [0.1, 0.15) is 20.8 Å². The summed E-state index contributed by atoms with van der Waals surface area (Å²) in [5.74, 6) is -0.416. The molecular weight excluding hydrogens is 391 g/mol. The maximum atomic E-state index is 12.8. The van der Waals surface area contributed by atoms with Crippen molar-refractivity contribution >= 4 is 23.2 Å². The summed E-state index contributed by atoms with van der Waals surface area (Å²) in [6.45, 7) is 2.77. The summed E-state index contributed by atoms with van der Waals surface area (Å²) in [4.78, 5) is 27.5. The third-order valence-electron chi connectivity index (χ3n) is 4.68. The van der Waals surface area contributed by atoms with Crippen LogP contribution < -0.4 is 10.2 Å². The van der Waals surface area contributed by atoms with Crippen LogP contribution in [0.25, 0.3) is 0 Å². The van der Waals surface area contributed by atoms with Crippen molar-refractivity contribution in [1.82, 2.24) is 10.2 Å². The van der Waals surface area contributed by atoms with E-state index in [1.165, 1.54) is 23.5 Å². The average Bonchev–Trinajstić information content (AvgIpc) is 3.21. The number of alkyl halides is 3. The molecule has 1 aliphatic heterocycles. The molecule has 1 fully saturated rings. The Morgan fingerprint density at radius 1 is 1.14 bits per heavy atom. The first kappa shape index (κ1) is 20.3. The first-order chi connectivity index (χ1) is 13.3. The Hall–Kier alpha value is -2.39. The van der Waals surface area contributed by atoms with Crippen molar-refractivity contribution in [2.45, 2.75) is 12.7 Å². The zero-order valence-electron chi connectivity index (χ0n) is 15.1. The molecule has 2 heterocycles. The van der Waals surface area contributed by atoms with Gasteiger partial charge in [0.15, 0.2) is 0 Å². The van der Waals surface area contributed by atoms with Gasteiger partial charge in [-0.1, -0.05) is 18.2 Å². The number of amides is 2. The van der Waals surface area contributed by atoms with E-state index in [1.807, 2.05) is 0 Å². The number of thiophene rings is 1. The van der Waals surface area contributed by atoms with Gasteiger partial charge in [0, 0.05) is 5.56 Å². The number of halogens is 3. The number of piperazine rings is 1. The number of nitrogens with one attached hydrogen (secondary N) is 2.